The predicted molar refractivity (Wildman–Crippen MR) is 117 cm³/mol. The maximum absolute atomic E-state index is 12.8. The third-order valence-corrected chi connectivity index (χ3v) is 5.93. The van der Waals surface area contributed by atoms with Crippen molar-refractivity contribution in [2.75, 3.05) is 0 Å². The zero-order valence-corrected chi connectivity index (χ0v) is 17.9. The lowest BCUT2D eigenvalue weighted by atomic mass is 9.94. The molecule has 1 amide bonds. The number of thiocarbonyl (C=S) groups is 1. The summed E-state index contributed by atoms with van der Waals surface area (Å²) in [5.41, 5.74) is 0.431. The highest BCUT2D eigenvalue weighted by atomic mass is 35.5. The number of rotatable bonds is 5. The van der Waals surface area contributed by atoms with E-state index in [-0.39, 0.29) is 18.6 Å². The SMILES string of the molecule is O=C1/C(=C\c2ccc(COc3cc(Cl)ccc3Cl)o2)NC(=S)N1C1CCCCC1. The van der Waals surface area contributed by atoms with Crippen molar-refractivity contribution in [1.82, 2.24) is 10.2 Å². The Morgan fingerprint density at radius 1 is 1.21 bits per heavy atom. The van der Waals surface area contributed by atoms with Crippen LogP contribution >= 0.6 is 35.4 Å². The number of carbonyl (C=O) groups is 1. The van der Waals surface area contributed by atoms with Gasteiger partial charge in [0, 0.05) is 23.2 Å². The van der Waals surface area contributed by atoms with E-state index in [2.05, 4.69) is 5.32 Å². The van der Waals surface area contributed by atoms with Crippen molar-refractivity contribution in [3.8, 4) is 5.75 Å². The standard InChI is InChI=1S/C21H20Cl2N2O3S/c22-13-6-9-17(23)19(10-13)27-12-16-8-7-15(28-16)11-18-20(26)25(21(29)24-18)14-4-2-1-3-5-14/h6-11,14H,1-5,12H2,(H,24,29)/b18-11+. The Morgan fingerprint density at radius 3 is 2.79 bits per heavy atom. The predicted octanol–water partition coefficient (Wildman–Crippen LogP) is 5.56. The van der Waals surface area contributed by atoms with E-state index < -0.39 is 0 Å². The molecule has 8 heteroatoms. The molecule has 2 fully saturated rings. The first-order chi connectivity index (χ1) is 14.0. The summed E-state index contributed by atoms with van der Waals surface area (Å²) in [6, 6.07) is 8.78. The Morgan fingerprint density at radius 2 is 2.00 bits per heavy atom. The molecule has 0 unspecified atom stereocenters. The Balaban J connectivity index is 1.43. The number of hydrogen-bond donors (Lipinski definition) is 1. The summed E-state index contributed by atoms with van der Waals surface area (Å²) in [7, 11) is 0. The van der Waals surface area contributed by atoms with Crippen LogP contribution < -0.4 is 10.1 Å². The molecule has 152 valence electrons. The van der Waals surface area contributed by atoms with Gasteiger partial charge in [0.2, 0.25) is 0 Å². The van der Waals surface area contributed by atoms with E-state index in [1.165, 1.54) is 6.42 Å². The summed E-state index contributed by atoms with van der Waals surface area (Å²) < 4.78 is 11.4. The van der Waals surface area contributed by atoms with Gasteiger partial charge in [-0.05, 0) is 49.3 Å². The van der Waals surface area contributed by atoms with Gasteiger partial charge in [0.1, 0.15) is 29.6 Å². The molecule has 4 rings (SSSR count). The van der Waals surface area contributed by atoms with Gasteiger partial charge in [-0.15, -0.1) is 0 Å². The summed E-state index contributed by atoms with van der Waals surface area (Å²) in [6.07, 6.45) is 7.15. The molecule has 5 nitrogen and oxygen atoms in total. The molecule has 2 aromatic rings. The van der Waals surface area contributed by atoms with E-state index in [9.17, 15) is 4.79 Å². The van der Waals surface area contributed by atoms with Crippen LogP contribution in [0.15, 0.2) is 40.4 Å². The van der Waals surface area contributed by atoms with E-state index >= 15 is 0 Å². The monoisotopic (exact) mass is 450 g/mol. The van der Waals surface area contributed by atoms with Gasteiger partial charge >= 0.3 is 0 Å². The van der Waals surface area contributed by atoms with Crippen molar-refractivity contribution in [3.05, 3.63) is 57.6 Å². The van der Waals surface area contributed by atoms with Crippen molar-refractivity contribution < 1.29 is 13.9 Å². The molecular formula is C21H20Cl2N2O3S. The van der Waals surface area contributed by atoms with Crippen LogP contribution in [0.3, 0.4) is 0 Å². The number of hydrogen-bond acceptors (Lipinski definition) is 4. The Hall–Kier alpha value is -2.02. The van der Waals surface area contributed by atoms with E-state index in [0.29, 0.717) is 38.1 Å². The number of nitrogens with zero attached hydrogens (tertiary/aromatic N) is 1. The molecular weight excluding hydrogens is 431 g/mol. The Kier molecular flexibility index (Phi) is 6.13. The zero-order chi connectivity index (χ0) is 20.4. The summed E-state index contributed by atoms with van der Waals surface area (Å²) >= 11 is 17.5. The second-order valence-corrected chi connectivity index (χ2v) is 8.35. The number of benzene rings is 1. The maximum Gasteiger partial charge on any atom is 0.276 e. The van der Waals surface area contributed by atoms with Gasteiger partial charge in [-0.3, -0.25) is 9.69 Å². The highest BCUT2D eigenvalue weighted by molar-refractivity contribution is 7.80. The zero-order valence-electron chi connectivity index (χ0n) is 15.6. The molecule has 2 aliphatic rings. The van der Waals surface area contributed by atoms with Gasteiger partial charge in [0.15, 0.2) is 5.11 Å². The summed E-state index contributed by atoms with van der Waals surface area (Å²) in [6.45, 7) is 0.192. The minimum atomic E-state index is -0.0955. The van der Waals surface area contributed by atoms with Crippen LogP contribution in [0.2, 0.25) is 10.0 Å². The lowest BCUT2D eigenvalue weighted by Crippen LogP contribution is -2.41. The average Bonchev–Trinajstić information content (AvgIpc) is 3.27. The molecule has 1 N–H and O–H groups in total. The van der Waals surface area contributed by atoms with Crippen LogP contribution in [0, 0.1) is 0 Å². The molecule has 1 saturated heterocycles. The van der Waals surface area contributed by atoms with E-state index in [4.69, 9.17) is 44.6 Å². The third-order valence-electron chi connectivity index (χ3n) is 5.08. The molecule has 1 aromatic carbocycles. The first-order valence-electron chi connectivity index (χ1n) is 9.54. The highest BCUT2D eigenvalue weighted by Crippen LogP contribution is 2.29. The van der Waals surface area contributed by atoms with E-state index in [1.807, 2.05) is 0 Å². The fraction of sp³-hybridized carbons (Fsp3) is 0.333. The number of halogens is 2. The highest BCUT2D eigenvalue weighted by Gasteiger charge is 2.36. The van der Waals surface area contributed by atoms with Crippen LogP contribution in [-0.2, 0) is 11.4 Å². The fourth-order valence-electron chi connectivity index (χ4n) is 3.65. The van der Waals surface area contributed by atoms with Gasteiger partial charge in [0.25, 0.3) is 5.91 Å². The van der Waals surface area contributed by atoms with Crippen molar-refractivity contribution in [3.63, 3.8) is 0 Å². The van der Waals surface area contributed by atoms with Crippen molar-refractivity contribution in [2.45, 2.75) is 44.8 Å². The molecule has 0 radical (unpaired) electrons. The number of ether oxygens (including phenoxy) is 1. The molecule has 2 heterocycles. The average molecular weight is 451 g/mol. The number of amides is 1. The first-order valence-corrected chi connectivity index (χ1v) is 10.7. The number of nitrogens with one attached hydrogen (secondary N) is 1. The second-order valence-electron chi connectivity index (χ2n) is 7.12. The molecule has 0 spiro atoms. The smallest absolute Gasteiger partial charge is 0.276 e. The molecule has 1 aliphatic heterocycles. The fourth-order valence-corrected chi connectivity index (χ4v) is 4.32. The summed E-state index contributed by atoms with van der Waals surface area (Å²) in [5.74, 6) is 1.54. The molecule has 0 atom stereocenters. The first kappa shape index (κ1) is 20.3. The van der Waals surface area contributed by atoms with Crippen LogP contribution in [-0.4, -0.2) is 22.0 Å². The van der Waals surface area contributed by atoms with Crippen molar-refractivity contribution in [1.29, 1.82) is 0 Å². The second kappa shape index (κ2) is 8.78. The van der Waals surface area contributed by atoms with Crippen molar-refractivity contribution in [2.24, 2.45) is 0 Å². The largest absolute Gasteiger partial charge is 0.484 e. The van der Waals surface area contributed by atoms with E-state index in [0.717, 1.165) is 25.7 Å². The maximum atomic E-state index is 12.8. The Bertz CT molecular complexity index is 967. The summed E-state index contributed by atoms with van der Waals surface area (Å²) in [4.78, 5) is 14.5. The lowest BCUT2D eigenvalue weighted by Gasteiger charge is -2.29. The van der Waals surface area contributed by atoms with Gasteiger partial charge in [-0.25, -0.2) is 0 Å². The minimum Gasteiger partial charge on any atom is -0.484 e. The molecule has 1 aromatic heterocycles. The minimum absolute atomic E-state index is 0.0955. The summed E-state index contributed by atoms with van der Waals surface area (Å²) in [5, 5.41) is 4.51. The topological polar surface area (TPSA) is 54.7 Å². The van der Waals surface area contributed by atoms with E-state index in [1.54, 1.807) is 41.3 Å². The molecule has 1 aliphatic carbocycles. The van der Waals surface area contributed by atoms with Gasteiger partial charge in [-0.2, -0.15) is 0 Å². The quantitative estimate of drug-likeness (QED) is 0.477. The van der Waals surface area contributed by atoms with Gasteiger partial charge in [-0.1, -0.05) is 42.5 Å². The van der Waals surface area contributed by atoms with Crippen LogP contribution in [0.5, 0.6) is 5.75 Å². The van der Waals surface area contributed by atoms with Gasteiger partial charge in [0.05, 0.1) is 5.02 Å². The molecule has 0 bridgehead atoms. The molecule has 1 saturated carbocycles. The lowest BCUT2D eigenvalue weighted by molar-refractivity contribution is -0.124. The Labute approximate surface area is 184 Å². The van der Waals surface area contributed by atoms with Crippen molar-refractivity contribution >= 4 is 52.5 Å². The van der Waals surface area contributed by atoms with Crippen LogP contribution in [0.1, 0.15) is 43.6 Å². The van der Waals surface area contributed by atoms with Gasteiger partial charge < -0.3 is 14.5 Å². The normalized spacial score (nSPS) is 19.1. The molecule has 29 heavy (non-hydrogen) atoms. The van der Waals surface area contributed by atoms with Crippen LogP contribution in [0.25, 0.3) is 6.08 Å². The number of carbonyl (C=O) groups excluding carboxylic acids is 1. The van der Waals surface area contributed by atoms with Crippen LogP contribution in [0.4, 0.5) is 0 Å². The number of furan rings is 1. The third kappa shape index (κ3) is 4.60.